The fourth-order valence-electron chi connectivity index (χ4n) is 3.04. The average Bonchev–Trinajstić information content (AvgIpc) is 3.26. The summed E-state index contributed by atoms with van der Waals surface area (Å²) in [6.45, 7) is 1.06. The molecule has 1 aliphatic rings. The summed E-state index contributed by atoms with van der Waals surface area (Å²) in [5, 5.41) is 3.45. The second-order valence-electron chi connectivity index (χ2n) is 5.85. The highest BCUT2D eigenvalue weighted by atomic mass is 16.1. The van der Waals surface area contributed by atoms with E-state index in [9.17, 15) is 4.79 Å². The summed E-state index contributed by atoms with van der Waals surface area (Å²) >= 11 is 0. The van der Waals surface area contributed by atoms with Crippen LogP contribution in [-0.2, 0) is 0 Å². The molecule has 0 aliphatic carbocycles. The van der Waals surface area contributed by atoms with E-state index in [2.05, 4.69) is 32.4 Å². The average molecular weight is 306 g/mol. The molecule has 1 aliphatic heterocycles. The third-order valence-electron chi connectivity index (χ3n) is 4.29. The number of rotatable bonds is 3. The normalized spacial score (nSPS) is 17.5. The zero-order valence-electron chi connectivity index (χ0n) is 12.7. The molecule has 2 aromatic heterocycles. The molecule has 0 radical (unpaired) electrons. The van der Waals surface area contributed by atoms with E-state index >= 15 is 0 Å². The van der Waals surface area contributed by atoms with Crippen LogP contribution in [0.4, 0.5) is 0 Å². The molecule has 0 spiro atoms. The molecule has 1 fully saturated rings. The number of hydrogen-bond acceptors (Lipinski definition) is 3. The molecule has 3 heterocycles. The Kier molecular flexibility index (Phi) is 3.55. The lowest BCUT2D eigenvalue weighted by molar-refractivity contribution is 0.613. The Morgan fingerprint density at radius 3 is 2.61 bits per heavy atom. The number of hydrogen-bond donors (Lipinski definition) is 3. The number of H-pyrrole nitrogens is 2. The summed E-state index contributed by atoms with van der Waals surface area (Å²) in [5.41, 5.74) is 3.97. The Labute approximate surface area is 133 Å². The van der Waals surface area contributed by atoms with Crippen LogP contribution in [0.15, 0.2) is 53.6 Å². The van der Waals surface area contributed by atoms with Crippen LogP contribution in [0.5, 0.6) is 0 Å². The summed E-state index contributed by atoms with van der Waals surface area (Å²) in [7, 11) is 0. The molecule has 116 valence electrons. The van der Waals surface area contributed by atoms with Gasteiger partial charge in [-0.25, -0.2) is 4.98 Å². The molecular weight excluding hydrogens is 288 g/mol. The van der Waals surface area contributed by atoms with Crippen molar-refractivity contribution in [1.29, 1.82) is 0 Å². The van der Waals surface area contributed by atoms with Gasteiger partial charge in [0.25, 0.3) is 0 Å². The Morgan fingerprint density at radius 1 is 1.04 bits per heavy atom. The van der Waals surface area contributed by atoms with Crippen molar-refractivity contribution in [3.63, 3.8) is 0 Å². The minimum Gasteiger partial charge on any atom is -0.341 e. The Hall–Kier alpha value is -2.66. The van der Waals surface area contributed by atoms with Crippen LogP contribution >= 0.6 is 0 Å². The first kappa shape index (κ1) is 14.0. The van der Waals surface area contributed by atoms with Crippen molar-refractivity contribution in [1.82, 2.24) is 20.3 Å². The summed E-state index contributed by atoms with van der Waals surface area (Å²) in [4.78, 5) is 22.0. The minimum absolute atomic E-state index is 0.0890. The quantitative estimate of drug-likeness (QED) is 0.696. The van der Waals surface area contributed by atoms with Crippen LogP contribution in [0.2, 0.25) is 0 Å². The van der Waals surface area contributed by atoms with Crippen molar-refractivity contribution in [3.05, 3.63) is 65.0 Å². The van der Waals surface area contributed by atoms with E-state index in [4.69, 9.17) is 0 Å². The summed E-state index contributed by atoms with van der Waals surface area (Å²) in [5.74, 6) is 1.01. The maximum atomic E-state index is 11.4. The van der Waals surface area contributed by atoms with Gasteiger partial charge in [0.05, 0.1) is 17.9 Å². The van der Waals surface area contributed by atoms with Crippen molar-refractivity contribution in [3.8, 4) is 22.4 Å². The zero-order valence-corrected chi connectivity index (χ0v) is 12.7. The van der Waals surface area contributed by atoms with E-state index in [0.717, 1.165) is 41.2 Å². The van der Waals surface area contributed by atoms with Crippen molar-refractivity contribution < 1.29 is 0 Å². The van der Waals surface area contributed by atoms with Crippen LogP contribution in [-0.4, -0.2) is 21.5 Å². The summed E-state index contributed by atoms with van der Waals surface area (Å²) in [6.07, 6.45) is 5.89. The van der Waals surface area contributed by atoms with E-state index in [1.54, 1.807) is 12.3 Å². The molecule has 1 unspecified atom stereocenters. The number of aromatic amines is 2. The van der Waals surface area contributed by atoms with Gasteiger partial charge in [-0.3, -0.25) is 4.79 Å². The minimum atomic E-state index is -0.0890. The first-order valence-corrected chi connectivity index (χ1v) is 7.87. The van der Waals surface area contributed by atoms with Crippen LogP contribution in [0.3, 0.4) is 0 Å². The molecule has 0 amide bonds. The molecule has 1 saturated heterocycles. The van der Waals surface area contributed by atoms with Gasteiger partial charge in [-0.05, 0) is 42.1 Å². The second kappa shape index (κ2) is 5.85. The number of imidazole rings is 1. The van der Waals surface area contributed by atoms with E-state index in [0.29, 0.717) is 6.04 Å². The van der Waals surface area contributed by atoms with Gasteiger partial charge < -0.3 is 15.3 Å². The van der Waals surface area contributed by atoms with E-state index in [1.807, 2.05) is 24.4 Å². The smallest absolute Gasteiger partial charge is 0.248 e. The molecule has 1 aromatic carbocycles. The molecule has 4 rings (SSSR count). The van der Waals surface area contributed by atoms with Gasteiger partial charge >= 0.3 is 0 Å². The molecule has 5 heteroatoms. The number of benzene rings is 1. The highest BCUT2D eigenvalue weighted by Gasteiger charge is 2.19. The van der Waals surface area contributed by atoms with Crippen LogP contribution in [0.1, 0.15) is 24.7 Å². The number of aromatic nitrogens is 3. The van der Waals surface area contributed by atoms with Gasteiger partial charge in [0.2, 0.25) is 5.56 Å². The van der Waals surface area contributed by atoms with Crippen molar-refractivity contribution in [2.24, 2.45) is 0 Å². The topological polar surface area (TPSA) is 73.6 Å². The number of nitrogens with zero attached hydrogens (tertiary/aromatic N) is 1. The first-order chi connectivity index (χ1) is 11.3. The van der Waals surface area contributed by atoms with Gasteiger partial charge in [0, 0.05) is 12.3 Å². The molecule has 3 aromatic rings. The molecule has 3 N–H and O–H groups in total. The highest BCUT2D eigenvalue weighted by Crippen LogP contribution is 2.26. The summed E-state index contributed by atoms with van der Waals surface area (Å²) in [6, 6.07) is 12.0. The van der Waals surface area contributed by atoms with Gasteiger partial charge in [-0.1, -0.05) is 24.3 Å². The van der Waals surface area contributed by atoms with Crippen LogP contribution in [0, 0.1) is 0 Å². The predicted octanol–water partition coefficient (Wildman–Crippen LogP) is 2.86. The maximum Gasteiger partial charge on any atom is 0.248 e. The monoisotopic (exact) mass is 306 g/mol. The lowest BCUT2D eigenvalue weighted by atomic mass is 10.0. The second-order valence-corrected chi connectivity index (χ2v) is 5.85. The Bertz CT molecular complexity index is 857. The van der Waals surface area contributed by atoms with Gasteiger partial charge in [0.15, 0.2) is 0 Å². The predicted molar refractivity (Wildman–Crippen MR) is 90.1 cm³/mol. The summed E-state index contributed by atoms with van der Waals surface area (Å²) < 4.78 is 0. The fraction of sp³-hybridized carbons (Fsp3) is 0.222. The fourth-order valence-corrected chi connectivity index (χ4v) is 3.04. The van der Waals surface area contributed by atoms with Crippen LogP contribution < -0.4 is 10.9 Å². The molecule has 23 heavy (non-hydrogen) atoms. The molecule has 0 saturated carbocycles. The number of pyridine rings is 1. The van der Waals surface area contributed by atoms with Crippen molar-refractivity contribution in [2.75, 3.05) is 6.54 Å². The number of nitrogens with one attached hydrogen (secondary N) is 3. The molecule has 1 atom stereocenters. The lowest BCUT2D eigenvalue weighted by Crippen LogP contribution is -2.14. The van der Waals surface area contributed by atoms with Gasteiger partial charge in [0.1, 0.15) is 5.82 Å². The lowest BCUT2D eigenvalue weighted by Gasteiger charge is -2.06. The SMILES string of the molecule is O=c1cc(-c2ccc(-c3cnc(C4CCCN4)[nH]3)cc2)cc[nH]1. The third-order valence-corrected chi connectivity index (χ3v) is 4.29. The van der Waals surface area contributed by atoms with E-state index < -0.39 is 0 Å². The maximum absolute atomic E-state index is 11.4. The van der Waals surface area contributed by atoms with Crippen molar-refractivity contribution in [2.45, 2.75) is 18.9 Å². The van der Waals surface area contributed by atoms with E-state index in [-0.39, 0.29) is 5.56 Å². The van der Waals surface area contributed by atoms with Gasteiger partial charge in [-0.15, -0.1) is 0 Å². The van der Waals surface area contributed by atoms with E-state index in [1.165, 1.54) is 6.42 Å². The highest BCUT2D eigenvalue weighted by molar-refractivity contribution is 5.68. The van der Waals surface area contributed by atoms with Crippen LogP contribution in [0.25, 0.3) is 22.4 Å². The first-order valence-electron chi connectivity index (χ1n) is 7.87. The Balaban J connectivity index is 1.59. The third kappa shape index (κ3) is 2.83. The standard InChI is InChI=1S/C18H18N4O/c23-17-10-14(7-9-20-17)12-3-5-13(6-4-12)16-11-21-18(22-16)15-2-1-8-19-15/h3-7,9-11,15,19H,1-2,8H2,(H,20,23)(H,21,22). The molecule has 5 nitrogen and oxygen atoms in total. The largest absolute Gasteiger partial charge is 0.341 e. The van der Waals surface area contributed by atoms with Crippen molar-refractivity contribution >= 4 is 0 Å². The molecular formula is C18H18N4O. The Morgan fingerprint density at radius 2 is 1.87 bits per heavy atom. The van der Waals surface area contributed by atoms with Gasteiger partial charge in [-0.2, -0.15) is 0 Å². The zero-order chi connectivity index (χ0) is 15.6. The molecule has 0 bridgehead atoms.